The molecule has 0 bridgehead atoms. The van der Waals surface area contributed by atoms with Crippen molar-refractivity contribution in [2.24, 2.45) is 0 Å². The molecular formula is C18H21NO2. The van der Waals surface area contributed by atoms with Crippen molar-refractivity contribution in [2.45, 2.75) is 63.8 Å². The van der Waals surface area contributed by atoms with Crippen LogP contribution in [0.4, 0.5) is 5.69 Å². The van der Waals surface area contributed by atoms with Crippen LogP contribution in [0.5, 0.6) is 0 Å². The van der Waals surface area contributed by atoms with Crippen LogP contribution in [0, 0.1) is 6.92 Å². The van der Waals surface area contributed by atoms with Crippen LogP contribution in [0.15, 0.2) is 12.1 Å². The summed E-state index contributed by atoms with van der Waals surface area (Å²) >= 11 is 0. The fourth-order valence-electron chi connectivity index (χ4n) is 4.78. The number of carbonyl (C=O) groups is 2. The zero-order chi connectivity index (χ0) is 14.8. The van der Waals surface area contributed by atoms with Gasteiger partial charge < -0.3 is 0 Å². The lowest BCUT2D eigenvalue weighted by Crippen LogP contribution is -2.55. The van der Waals surface area contributed by atoms with Crippen LogP contribution < -0.4 is 4.90 Å². The second-order valence-electron chi connectivity index (χ2n) is 7.11. The molecule has 1 fully saturated rings. The monoisotopic (exact) mass is 283 g/mol. The molecule has 3 heteroatoms. The Kier molecular flexibility index (Phi) is 2.60. The third-order valence-electron chi connectivity index (χ3n) is 5.62. The smallest absolute Gasteiger partial charge is 0.298 e. The van der Waals surface area contributed by atoms with Crippen LogP contribution in [-0.2, 0) is 4.79 Å². The Morgan fingerprint density at radius 1 is 1.14 bits per heavy atom. The normalized spacial score (nSPS) is 26.4. The van der Waals surface area contributed by atoms with Gasteiger partial charge in [-0.3, -0.25) is 14.5 Å². The number of amides is 1. The average molecular weight is 283 g/mol. The summed E-state index contributed by atoms with van der Waals surface area (Å²) in [5.74, 6) is -0.161. The molecule has 1 aromatic rings. The minimum Gasteiger partial charge on any atom is -0.298 e. The van der Waals surface area contributed by atoms with Crippen LogP contribution >= 0.6 is 0 Å². The molecule has 110 valence electrons. The van der Waals surface area contributed by atoms with E-state index in [0.29, 0.717) is 11.5 Å². The highest BCUT2D eigenvalue weighted by molar-refractivity contribution is 6.53. The van der Waals surface area contributed by atoms with Crippen molar-refractivity contribution in [3.05, 3.63) is 28.8 Å². The summed E-state index contributed by atoms with van der Waals surface area (Å²) < 4.78 is 0. The molecule has 1 spiro atoms. The standard InChI is InChI=1S/C18H21NO2/c1-11-8-13-12(2)10-18(6-4-3-5-7-18)19-15(13)14(9-11)16(20)17(19)21/h8-9,12H,3-7,10H2,1-2H3. The minimum absolute atomic E-state index is 0.0993. The van der Waals surface area contributed by atoms with Gasteiger partial charge in [0.15, 0.2) is 0 Å². The van der Waals surface area contributed by atoms with Crippen molar-refractivity contribution in [3.8, 4) is 0 Å². The minimum atomic E-state index is -0.297. The molecule has 21 heavy (non-hydrogen) atoms. The molecule has 1 atom stereocenters. The lowest BCUT2D eigenvalue weighted by molar-refractivity contribution is -0.115. The molecule has 0 N–H and O–H groups in total. The molecule has 0 radical (unpaired) electrons. The molecule has 1 saturated carbocycles. The van der Waals surface area contributed by atoms with E-state index in [2.05, 4.69) is 13.0 Å². The van der Waals surface area contributed by atoms with Gasteiger partial charge in [0, 0.05) is 5.54 Å². The Morgan fingerprint density at radius 2 is 1.86 bits per heavy atom. The predicted molar refractivity (Wildman–Crippen MR) is 81.8 cm³/mol. The lowest BCUT2D eigenvalue weighted by atomic mass is 9.70. The van der Waals surface area contributed by atoms with Crippen LogP contribution in [0.2, 0.25) is 0 Å². The van der Waals surface area contributed by atoms with Crippen molar-refractivity contribution in [1.29, 1.82) is 0 Å². The number of benzene rings is 1. The highest BCUT2D eigenvalue weighted by atomic mass is 16.2. The van der Waals surface area contributed by atoms with E-state index >= 15 is 0 Å². The Morgan fingerprint density at radius 3 is 2.57 bits per heavy atom. The number of nitrogens with zero attached hydrogens (tertiary/aromatic N) is 1. The van der Waals surface area contributed by atoms with E-state index in [1.807, 2.05) is 17.9 Å². The van der Waals surface area contributed by atoms with Gasteiger partial charge in [-0.05, 0) is 49.3 Å². The van der Waals surface area contributed by atoms with Gasteiger partial charge >= 0.3 is 0 Å². The third kappa shape index (κ3) is 1.60. The molecule has 1 aliphatic carbocycles. The zero-order valence-electron chi connectivity index (χ0n) is 12.7. The summed E-state index contributed by atoms with van der Waals surface area (Å²) in [6, 6.07) is 4.06. The van der Waals surface area contributed by atoms with Crippen molar-refractivity contribution >= 4 is 17.4 Å². The largest absolute Gasteiger partial charge is 0.300 e. The first-order valence-corrected chi connectivity index (χ1v) is 8.07. The Bertz CT molecular complexity index is 655. The number of ketones is 1. The van der Waals surface area contributed by atoms with Gasteiger partial charge in [-0.15, -0.1) is 0 Å². The topological polar surface area (TPSA) is 37.4 Å². The second-order valence-corrected chi connectivity index (χ2v) is 7.11. The first-order valence-electron chi connectivity index (χ1n) is 8.07. The fourth-order valence-corrected chi connectivity index (χ4v) is 4.78. The number of Topliss-reactive ketones (excluding diaryl/α,β-unsaturated/α-hetero) is 1. The number of aryl methyl sites for hydroxylation is 1. The molecule has 1 unspecified atom stereocenters. The highest BCUT2D eigenvalue weighted by Gasteiger charge is 2.53. The van der Waals surface area contributed by atoms with E-state index in [4.69, 9.17) is 0 Å². The van der Waals surface area contributed by atoms with Gasteiger partial charge in [0.05, 0.1) is 11.3 Å². The number of rotatable bonds is 0. The van der Waals surface area contributed by atoms with E-state index in [-0.39, 0.29) is 17.2 Å². The summed E-state index contributed by atoms with van der Waals surface area (Å²) in [7, 11) is 0. The SMILES string of the molecule is Cc1cc2c3c(c1)C(C)CC1(CCCCC1)N3C(=O)C2=O. The maximum atomic E-state index is 12.6. The molecule has 2 heterocycles. The summed E-state index contributed by atoms with van der Waals surface area (Å²) in [5.41, 5.74) is 3.76. The molecule has 0 aromatic heterocycles. The zero-order valence-corrected chi connectivity index (χ0v) is 12.7. The molecule has 3 nitrogen and oxygen atoms in total. The fraction of sp³-hybridized carbons (Fsp3) is 0.556. The van der Waals surface area contributed by atoms with Gasteiger partial charge in [-0.1, -0.05) is 32.3 Å². The second kappa shape index (κ2) is 4.19. The Hall–Kier alpha value is -1.64. The van der Waals surface area contributed by atoms with Crippen molar-refractivity contribution in [2.75, 3.05) is 4.90 Å². The molecule has 2 aliphatic heterocycles. The number of hydrogen-bond donors (Lipinski definition) is 0. The van der Waals surface area contributed by atoms with Crippen molar-refractivity contribution in [1.82, 2.24) is 0 Å². The van der Waals surface area contributed by atoms with Crippen molar-refractivity contribution in [3.63, 3.8) is 0 Å². The predicted octanol–water partition coefficient (Wildman–Crippen LogP) is 3.73. The summed E-state index contributed by atoms with van der Waals surface area (Å²) in [6.45, 7) is 4.25. The van der Waals surface area contributed by atoms with E-state index < -0.39 is 0 Å². The molecule has 3 aliphatic rings. The van der Waals surface area contributed by atoms with E-state index in [1.165, 1.54) is 24.8 Å². The van der Waals surface area contributed by atoms with Gasteiger partial charge in [-0.2, -0.15) is 0 Å². The summed E-state index contributed by atoms with van der Waals surface area (Å²) in [5, 5.41) is 0. The van der Waals surface area contributed by atoms with E-state index in [9.17, 15) is 9.59 Å². The third-order valence-corrected chi connectivity index (χ3v) is 5.62. The summed E-state index contributed by atoms with van der Waals surface area (Å²) in [6.07, 6.45) is 6.68. The van der Waals surface area contributed by atoms with Crippen LogP contribution in [0.25, 0.3) is 0 Å². The van der Waals surface area contributed by atoms with Crippen LogP contribution in [0.1, 0.15) is 72.9 Å². The van der Waals surface area contributed by atoms with Gasteiger partial charge in [0.2, 0.25) is 0 Å². The lowest BCUT2D eigenvalue weighted by Gasteiger charge is -2.50. The van der Waals surface area contributed by atoms with E-state index in [0.717, 1.165) is 30.5 Å². The number of fused-ring (bicyclic) bond motifs is 1. The average Bonchev–Trinajstić information content (AvgIpc) is 2.71. The van der Waals surface area contributed by atoms with Gasteiger partial charge in [-0.25, -0.2) is 0 Å². The van der Waals surface area contributed by atoms with Crippen molar-refractivity contribution < 1.29 is 9.59 Å². The number of anilines is 1. The molecule has 1 amide bonds. The molecular weight excluding hydrogens is 262 g/mol. The first kappa shape index (κ1) is 13.1. The van der Waals surface area contributed by atoms with E-state index in [1.54, 1.807) is 0 Å². The quantitative estimate of drug-likeness (QED) is 0.680. The molecule has 0 saturated heterocycles. The Labute approximate surface area is 125 Å². The molecule has 1 aromatic carbocycles. The summed E-state index contributed by atoms with van der Waals surface area (Å²) in [4.78, 5) is 27.0. The maximum Gasteiger partial charge on any atom is 0.300 e. The number of hydrogen-bond acceptors (Lipinski definition) is 2. The molecule has 4 rings (SSSR count). The first-order chi connectivity index (χ1) is 10.0. The highest BCUT2D eigenvalue weighted by Crippen LogP contribution is 2.53. The maximum absolute atomic E-state index is 12.6. The van der Waals surface area contributed by atoms with Gasteiger partial charge in [0.1, 0.15) is 0 Å². The van der Waals surface area contributed by atoms with Gasteiger partial charge in [0.25, 0.3) is 11.7 Å². The van der Waals surface area contributed by atoms with Crippen LogP contribution in [-0.4, -0.2) is 17.2 Å². The Balaban J connectivity index is 1.96. The number of carbonyl (C=O) groups excluding carboxylic acids is 2. The van der Waals surface area contributed by atoms with Crippen LogP contribution in [0.3, 0.4) is 0 Å².